The Balaban J connectivity index is 2.44. The molecule has 102 valence electrons. The average Bonchev–Trinajstić information content (AvgIpc) is 2.45. The SMILES string of the molecule is CCC(CC)(CNCc1ccc(OC)nc1)SC. The van der Waals surface area contributed by atoms with Gasteiger partial charge in [-0.2, -0.15) is 11.8 Å². The molecule has 0 spiro atoms. The van der Waals surface area contributed by atoms with Crippen LogP contribution in [0, 0.1) is 0 Å². The Morgan fingerprint density at radius 2 is 2.06 bits per heavy atom. The first kappa shape index (κ1) is 15.3. The molecule has 1 aromatic heterocycles. The molecular weight excluding hydrogens is 244 g/mol. The van der Waals surface area contributed by atoms with Crippen molar-refractivity contribution < 1.29 is 4.74 Å². The van der Waals surface area contributed by atoms with E-state index in [1.807, 2.05) is 24.0 Å². The van der Waals surface area contributed by atoms with E-state index in [4.69, 9.17) is 4.74 Å². The summed E-state index contributed by atoms with van der Waals surface area (Å²) in [5.41, 5.74) is 1.19. The van der Waals surface area contributed by atoms with Crippen molar-refractivity contribution in [2.45, 2.75) is 38.0 Å². The van der Waals surface area contributed by atoms with E-state index < -0.39 is 0 Å². The van der Waals surface area contributed by atoms with Crippen LogP contribution < -0.4 is 10.1 Å². The van der Waals surface area contributed by atoms with Crippen molar-refractivity contribution in [3.63, 3.8) is 0 Å². The van der Waals surface area contributed by atoms with Gasteiger partial charge in [0.05, 0.1) is 7.11 Å². The summed E-state index contributed by atoms with van der Waals surface area (Å²) in [5, 5.41) is 3.53. The van der Waals surface area contributed by atoms with E-state index in [0.29, 0.717) is 10.6 Å². The largest absolute Gasteiger partial charge is 0.481 e. The third kappa shape index (κ3) is 4.18. The molecule has 0 bridgehead atoms. The van der Waals surface area contributed by atoms with E-state index in [1.165, 1.54) is 18.4 Å². The van der Waals surface area contributed by atoms with Crippen LogP contribution in [-0.4, -0.2) is 29.6 Å². The van der Waals surface area contributed by atoms with Crippen molar-refractivity contribution in [1.29, 1.82) is 0 Å². The number of rotatable bonds is 8. The van der Waals surface area contributed by atoms with Gasteiger partial charge in [-0.1, -0.05) is 19.9 Å². The number of nitrogens with one attached hydrogen (secondary N) is 1. The lowest BCUT2D eigenvalue weighted by atomic mass is 10.0. The number of ether oxygens (including phenoxy) is 1. The van der Waals surface area contributed by atoms with Crippen LogP contribution in [0.5, 0.6) is 5.88 Å². The highest BCUT2D eigenvalue weighted by Gasteiger charge is 2.23. The van der Waals surface area contributed by atoms with Gasteiger partial charge in [0.2, 0.25) is 5.88 Å². The normalized spacial score (nSPS) is 11.6. The smallest absolute Gasteiger partial charge is 0.212 e. The Labute approximate surface area is 115 Å². The highest BCUT2D eigenvalue weighted by Crippen LogP contribution is 2.29. The number of hydrogen-bond donors (Lipinski definition) is 1. The Morgan fingerprint density at radius 3 is 2.50 bits per heavy atom. The Morgan fingerprint density at radius 1 is 1.33 bits per heavy atom. The van der Waals surface area contributed by atoms with Crippen molar-refractivity contribution in [1.82, 2.24) is 10.3 Å². The first-order valence-corrected chi connectivity index (χ1v) is 7.67. The summed E-state index contributed by atoms with van der Waals surface area (Å²) in [4.78, 5) is 4.21. The van der Waals surface area contributed by atoms with Gasteiger partial charge >= 0.3 is 0 Å². The number of thioether (sulfide) groups is 1. The minimum atomic E-state index is 0.361. The molecule has 0 saturated heterocycles. The molecule has 0 radical (unpaired) electrons. The minimum Gasteiger partial charge on any atom is -0.481 e. The predicted octanol–water partition coefficient (Wildman–Crippen LogP) is 3.10. The standard InChI is InChI=1S/C14H24N2OS/c1-5-14(6-2,18-4)11-15-9-12-7-8-13(17-3)16-10-12/h7-8,10,15H,5-6,9,11H2,1-4H3. The summed E-state index contributed by atoms with van der Waals surface area (Å²) in [6, 6.07) is 3.95. The van der Waals surface area contributed by atoms with Crippen LogP contribution in [-0.2, 0) is 6.54 Å². The van der Waals surface area contributed by atoms with Crippen LogP contribution in [0.1, 0.15) is 32.3 Å². The van der Waals surface area contributed by atoms with Crippen molar-refractivity contribution in [2.75, 3.05) is 19.9 Å². The van der Waals surface area contributed by atoms with Crippen molar-refractivity contribution in [2.24, 2.45) is 0 Å². The molecule has 4 heteroatoms. The van der Waals surface area contributed by atoms with Crippen LogP contribution in [0.4, 0.5) is 0 Å². The molecule has 0 aliphatic heterocycles. The van der Waals surface area contributed by atoms with E-state index in [0.717, 1.165) is 13.1 Å². The van der Waals surface area contributed by atoms with Gasteiger partial charge in [0, 0.05) is 30.1 Å². The van der Waals surface area contributed by atoms with E-state index in [1.54, 1.807) is 7.11 Å². The fraction of sp³-hybridized carbons (Fsp3) is 0.643. The van der Waals surface area contributed by atoms with Crippen LogP contribution in [0.25, 0.3) is 0 Å². The first-order chi connectivity index (χ1) is 8.69. The highest BCUT2D eigenvalue weighted by molar-refractivity contribution is 8.00. The van der Waals surface area contributed by atoms with E-state index >= 15 is 0 Å². The summed E-state index contributed by atoms with van der Waals surface area (Å²) < 4.78 is 5.41. The van der Waals surface area contributed by atoms with Gasteiger partial charge in [-0.05, 0) is 24.7 Å². The maximum atomic E-state index is 5.05. The maximum absolute atomic E-state index is 5.05. The lowest BCUT2D eigenvalue weighted by molar-refractivity contribution is 0.397. The maximum Gasteiger partial charge on any atom is 0.212 e. The fourth-order valence-corrected chi connectivity index (χ4v) is 2.76. The third-order valence-corrected chi connectivity index (χ3v) is 5.09. The molecule has 1 heterocycles. The molecule has 1 N–H and O–H groups in total. The molecule has 3 nitrogen and oxygen atoms in total. The minimum absolute atomic E-state index is 0.361. The molecule has 18 heavy (non-hydrogen) atoms. The lowest BCUT2D eigenvalue weighted by Gasteiger charge is -2.30. The zero-order chi connectivity index (χ0) is 13.4. The zero-order valence-corrected chi connectivity index (χ0v) is 12.6. The number of pyridine rings is 1. The number of aromatic nitrogens is 1. The topological polar surface area (TPSA) is 34.1 Å². The summed E-state index contributed by atoms with van der Waals surface area (Å²) in [6.07, 6.45) is 6.45. The van der Waals surface area contributed by atoms with Crippen LogP contribution >= 0.6 is 11.8 Å². The molecule has 0 aliphatic rings. The molecule has 0 fully saturated rings. The number of methoxy groups -OCH3 is 1. The van der Waals surface area contributed by atoms with Gasteiger partial charge in [0.25, 0.3) is 0 Å². The van der Waals surface area contributed by atoms with E-state index in [-0.39, 0.29) is 0 Å². The zero-order valence-electron chi connectivity index (χ0n) is 11.8. The van der Waals surface area contributed by atoms with Gasteiger partial charge < -0.3 is 10.1 Å². The first-order valence-electron chi connectivity index (χ1n) is 6.44. The summed E-state index contributed by atoms with van der Waals surface area (Å²) >= 11 is 1.96. The molecule has 0 aromatic carbocycles. The molecule has 0 saturated carbocycles. The van der Waals surface area contributed by atoms with E-state index in [9.17, 15) is 0 Å². The van der Waals surface area contributed by atoms with Crippen molar-refractivity contribution >= 4 is 11.8 Å². The van der Waals surface area contributed by atoms with E-state index in [2.05, 4.69) is 36.5 Å². The van der Waals surface area contributed by atoms with Gasteiger partial charge in [-0.15, -0.1) is 0 Å². The van der Waals surface area contributed by atoms with Crippen molar-refractivity contribution in [3.05, 3.63) is 23.9 Å². The molecule has 0 amide bonds. The molecular formula is C14H24N2OS. The van der Waals surface area contributed by atoms with Crippen LogP contribution in [0.3, 0.4) is 0 Å². The van der Waals surface area contributed by atoms with Gasteiger partial charge in [-0.3, -0.25) is 0 Å². The Bertz CT molecular complexity index is 328. The quantitative estimate of drug-likeness (QED) is 0.785. The van der Waals surface area contributed by atoms with Crippen molar-refractivity contribution in [3.8, 4) is 5.88 Å². The second-order valence-electron chi connectivity index (χ2n) is 4.41. The number of nitrogens with zero attached hydrogens (tertiary/aromatic N) is 1. The Hall–Kier alpha value is -0.740. The number of hydrogen-bond acceptors (Lipinski definition) is 4. The predicted molar refractivity (Wildman–Crippen MR) is 79.3 cm³/mol. The fourth-order valence-electron chi connectivity index (χ4n) is 1.93. The molecule has 1 rings (SSSR count). The van der Waals surface area contributed by atoms with Gasteiger partial charge in [0.1, 0.15) is 0 Å². The average molecular weight is 268 g/mol. The summed E-state index contributed by atoms with van der Waals surface area (Å²) in [6.45, 7) is 6.42. The molecule has 0 aliphatic carbocycles. The van der Waals surface area contributed by atoms with Crippen LogP contribution in [0.2, 0.25) is 0 Å². The molecule has 1 aromatic rings. The summed E-state index contributed by atoms with van der Waals surface area (Å²) in [7, 11) is 1.63. The molecule has 0 atom stereocenters. The second-order valence-corrected chi connectivity index (χ2v) is 5.68. The monoisotopic (exact) mass is 268 g/mol. The second kappa shape index (κ2) is 7.64. The Kier molecular flexibility index (Phi) is 6.50. The molecule has 0 unspecified atom stereocenters. The highest BCUT2D eigenvalue weighted by atomic mass is 32.2. The third-order valence-electron chi connectivity index (χ3n) is 3.50. The van der Waals surface area contributed by atoms with Gasteiger partial charge in [-0.25, -0.2) is 4.98 Å². The van der Waals surface area contributed by atoms with Crippen LogP contribution in [0.15, 0.2) is 18.3 Å². The summed E-state index contributed by atoms with van der Waals surface area (Å²) in [5.74, 6) is 0.666. The van der Waals surface area contributed by atoms with Gasteiger partial charge in [0.15, 0.2) is 0 Å². The lowest BCUT2D eigenvalue weighted by Crippen LogP contribution is -2.36.